The maximum absolute atomic E-state index is 12.8. The van der Waals surface area contributed by atoms with Crippen molar-refractivity contribution in [1.82, 2.24) is 0 Å². The van der Waals surface area contributed by atoms with Crippen LogP contribution in [0.3, 0.4) is 0 Å². The van der Waals surface area contributed by atoms with Gasteiger partial charge in [-0.15, -0.1) is 0 Å². The molecule has 0 aliphatic rings. The van der Waals surface area contributed by atoms with Gasteiger partial charge >= 0.3 is 0 Å². The zero-order chi connectivity index (χ0) is 11.3. The average Bonchev–Trinajstić information content (AvgIpc) is 2.22. The number of rotatable bonds is 5. The summed E-state index contributed by atoms with van der Waals surface area (Å²) < 4.78 is 37.0. The summed E-state index contributed by atoms with van der Waals surface area (Å²) in [5.74, 6) is -1.38. The molecule has 1 rings (SSSR count). The van der Waals surface area contributed by atoms with E-state index >= 15 is 0 Å². The van der Waals surface area contributed by atoms with Crippen molar-refractivity contribution in [1.29, 1.82) is 0 Å². The lowest BCUT2D eigenvalue weighted by Crippen LogP contribution is -2.07. The highest BCUT2D eigenvalue weighted by Crippen LogP contribution is 2.16. The topological polar surface area (TPSA) is 23.1 Å². The van der Waals surface area contributed by atoms with Gasteiger partial charge in [0.05, 0.1) is 0 Å². The molecule has 1 radical (unpaired) electrons. The molecular weight excluding hydrogens is 218 g/mol. The van der Waals surface area contributed by atoms with Crippen LogP contribution in [0, 0.1) is 18.6 Å². The Balaban J connectivity index is 2.57. The van der Waals surface area contributed by atoms with Crippen molar-refractivity contribution >= 4 is 11.2 Å². The Kier molecular flexibility index (Phi) is 5.05. The number of hydrogen-bond acceptors (Lipinski definition) is 1. The maximum atomic E-state index is 12.8. The minimum Gasteiger partial charge on any atom is -0.611 e. The first-order valence-electron chi connectivity index (χ1n) is 4.78. The number of unbranched alkanes of at least 4 members (excludes halogenated alkanes) is 2. The monoisotopic (exact) mass is 231 g/mol. The number of halogens is 2. The summed E-state index contributed by atoms with van der Waals surface area (Å²) in [6.07, 6.45) is 2.49. The highest BCUT2D eigenvalue weighted by atomic mass is 32.2. The molecule has 0 fully saturated rings. The third-order valence-corrected chi connectivity index (χ3v) is 3.42. The van der Waals surface area contributed by atoms with Gasteiger partial charge in [0.1, 0.15) is 5.75 Å². The summed E-state index contributed by atoms with van der Waals surface area (Å²) in [5, 5.41) is 0. The van der Waals surface area contributed by atoms with Crippen molar-refractivity contribution < 1.29 is 13.3 Å². The molecule has 1 atom stereocenters. The first-order valence-corrected chi connectivity index (χ1v) is 6.09. The van der Waals surface area contributed by atoms with Gasteiger partial charge in [-0.3, -0.25) is 0 Å². The summed E-state index contributed by atoms with van der Waals surface area (Å²) in [6, 6.07) is 3.36. The van der Waals surface area contributed by atoms with Gasteiger partial charge in [-0.25, -0.2) is 8.78 Å². The van der Waals surface area contributed by atoms with Crippen molar-refractivity contribution in [3.8, 4) is 0 Å². The summed E-state index contributed by atoms with van der Waals surface area (Å²) in [5.41, 5.74) is 0. The van der Waals surface area contributed by atoms with Gasteiger partial charge < -0.3 is 4.55 Å². The Bertz CT molecular complexity index is 317. The van der Waals surface area contributed by atoms with Gasteiger partial charge in [0.25, 0.3) is 0 Å². The molecule has 1 aromatic carbocycles. The van der Waals surface area contributed by atoms with Gasteiger partial charge in [-0.2, -0.15) is 0 Å². The molecule has 0 saturated carbocycles. The van der Waals surface area contributed by atoms with Crippen LogP contribution in [0.15, 0.2) is 23.1 Å². The Morgan fingerprint density at radius 1 is 1.20 bits per heavy atom. The molecular formula is C11H13F2OS. The average molecular weight is 231 g/mol. The molecule has 1 nitrogen and oxygen atoms in total. The lowest BCUT2D eigenvalue weighted by Gasteiger charge is -2.09. The Morgan fingerprint density at radius 2 is 1.93 bits per heavy atom. The van der Waals surface area contributed by atoms with Crippen LogP contribution in [0.1, 0.15) is 19.3 Å². The Labute approximate surface area is 91.7 Å². The summed E-state index contributed by atoms with van der Waals surface area (Å²) in [4.78, 5) is 0.345. The molecule has 1 aromatic rings. The summed E-state index contributed by atoms with van der Waals surface area (Å²) >= 11 is -1.24. The van der Waals surface area contributed by atoms with E-state index in [-0.39, 0.29) is 0 Å². The van der Waals surface area contributed by atoms with Crippen LogP contribution in [-0.2, 0) is 11.2 Å². The first kappa shape index (κ1) is 12.5. The lowest BCUT2D eigenvalue weighted by molar-refractivity contribution is 0.504. The second-order valence-electron chi connectivity index (χ2n) is 3.19. The van der Waals surface area contributed by atoms with Crippen LogP contribution in [0.5, 0.6) is 0 Å². The molecule has 15 heavy (non-hydrogen) atoms. The van der Waals surface area contributed by atoms with Crippen LogP contribution in [0.2, 0.25) is 0 Å². The molecule has 0 aliphatic heterocycles. The van der Waals surface area contributed by atoms with Gasteiger partial charge in [0.2, 0.25) is 0 Å². The molecule has 0 heterocycles. The van der Waals surface area contributed by atoms with Crippen molar-refractivity contribution in [2.45, 2.75) is 24.2 Å². The first-order chi connectivity index (χ1) is 7.15. The quantitative estimate of drug-likeness (QED) is 0.564. The van der Waals surface area contributed by atoms with Gasteiger partial charge in [0.15, 0.2) is 16.5 Å². The molecule has 0 aromatic heterocycles. The molecule has 0 saturated heterocycles. The van der Waals surface area contributed by atoms with E-state index in [4.69, 9.17) is 0 Å². The third-order valence-electron chi connectivity index (χ3n) is 1.98. The fourth-order valence-corrected chi connectivity index (χ4v) is 2.30. The van der Waals surface area contributed by atoms with Crippen LogP contribution < -0.4 is 0 Å². The fourth-order valence-electron chi connectivity index (χ4n) is 1.15. The zero-order valence-electron chi connectivity index (χ0n) is 8.34. The van der Waals surface area contributed by atoms with Crippen molar-refractivity contribution in [3.05, 3.63) is 36.8 Å². The van der Waals surface area contributed by atoms with Gasteiger partial charge in [0, 0.05) is 6.07 Å². The fraction of sp³-hybridized carbons (Fsp3) is 0.364. The number of benzene rings is 1. The van der Waals surface area contributed by atoms with Crippen LogP contribution in [0.4, 0.5) is 8.78 Å². The summed E-state index contributed by atoms with van der Waals surface area (Å²) in [6.45, 7) is 3.67. The van der Waals surface area contributed by atoms with Gasteiger partial charge in [-0.1, -0.05) is 13.3 Å². The van der Waals surface area contributed by atoms with Crippen LogP contribution >= 0.6 is 0 Å². The van der Waals surface area contributed by atoms with E-state index in [1.54, 1.807) is 0 Å². The molecule has 0 spiro atoms. The van der Waals surface area contributed by atoms with Crippen molar-refractivity contribution in [2.75, 3.05) is 5.75 Å². The smallest absolute Gasteiger partial charge is 0.163 e. The van der Waals surface area contributed by atoms with Gasteiger partial charge in [-0.05, 0) is 36.2 Å². The van der Waals surface area contributed by atoms with E-state index in [1.165, 1.54) is 6.07 Å². The maximum Gasteiger partial charge on any atom is 0.163 e. The summed E-state index contributed by atoms with van der Waals surface area (Å²) in [7, 11) is 0. The van der Waals surface area contributed by atoms with Crippen LogP contribution in [-0.4, -0.2) is 10.3 Å². The Hall–Kier alpha value is -0.610. The second kappa shape index (κ2) is 6.08. The predicted molar refractivity (Wildman–Crippen MR) is 56.8 cm³/mol. The molecule has 83 valence electrons. The zero-order valence-corrected chi connectivity index (χ0v) is 9.16. The van der Waals surface area contributed by atoms with Crippen molar-refractivity contribution in [3.63, 3.8) is 0 Å². The van der Waals surface area contributed by atoms with Crippen molar-refractivity contribution in [2.24, 2.45) is 0 Å². The van der Waals surface area contributed by atoms with E-state index < -0.39 is 22.8 Å². The van der Waals surface area contributed by atoms with E-state index in [0.29, 0.717) is 10.6 Å². The Morgan fingerprint density at radius 3 is 2.53 bits per heavy atom. The lowest BCUT2D eigenvalue weighted by atomic mass is 10.3. The molecule has 0 bridgehead atoms. The predicted octanol–water partition coefficient (Wildman–Crippen LogP) is 3.08. The molecule has 1 unspecified atom stereocenters. The third kappa shape index (κ3) is 3.80. The largest absolute Gasteiger partial charge is 0.611 e. The molecule has 4 heteroatoms. The van der Waals surface area contributed by atoms with E-state index in [0.717, 1.165) is 31.4 Å². The van der Waals surface area contributed by atoms with Crippen LogP contribution in [0.25, 0.3) is 0 Å². The molecule has 0 amide bonds. The highest BCUT2D eigenvalue weighted by molar-refractivity contribution is 7.91. The molecule has 0 N–H and O–H groups in total. The minimum absolute atomic E-state index is 0.345. The van der Waals surface area contributed by atoms with E-state index in [2.05, 4.69) is 6.92 Å². The standard InChI is InChI=1S/C11H13F2OS/c1-2-3-4-7-15(14)9-5-6-10(12)11(13)8-9/h5-6,8H,1-4,7H2. The minimum atomic E-state index is -1.24. The number of hydrogen-bond donors (Lipinski definition) is 0. The second-order valence-corrected chi connectivity index (χ2v) is 4.76. The SMILES string of the molecule is [CH2]CCCC[S+]([O-])c1ccc(F)c(F)c1. The van der Waals surface area contributed by atoms with E-state index in [9.17, 15) is 13.3 Å². The highest BCUT2D eigenvalue weighted by Gasteiger charge is 2.13. The normalized spacial score (nSPS) is 12.8. The van der Waals surface area contributed by atoms with E-state index in [1.807, 2.05) is 0 Å². The molecule has 0 aliphatic carbocycles.